The molecule has 1 N–H and O–H groups in total. The fourth-order valence-corrected chi connectivity index (χ4v) is 2.17. The first kappa shape index (κ1) is 8.86. The van der Waals surface area contributed by atoms with Gasteiger partial charge in [-0.15, -0.1) is 11.3 Å². The number of aliphatic hydroxyl groups excluding tert-OH is 1. The maximum Gasteiger partial charge on any atom is 0.252 e. The highest BCUT2D eigenvalue weighted by atomic mass is 79.9. The Hall–Kier alpha value is -0.720. The van der Waals surface area contributed by atoms with Crippen LogP contribution in [-0.4, -0.2) is 15.2 Å². The van der Waals surface area contributed by atoms with Gasteiger partial charge >= 0.3 is 0 Å². The average Bonchev–Trinajstić information content (AvgIpc) is 2.71. The first-order valence-electron chi connectivity index (χ1n) is 3.49. The van der Waals surface area contributed by atoms with Crippen LogP contribution in [0.25, 0.3) is 10.7 Å². The third-order valence-electron chi connectivity index (χ3n) is 1.40. The van der Waals surface area contributed by atoms with E-state index in [1.807, 2.05) is 12.1 Å². The van der Waals surface area contributed by atoms with Crippen molar-refractivity contribution in [3.8, 4) is 10.7 Å². The Balaban J connectivity index is 2.35. The van der Waals surface area contributed by atoms with Crippen LogP contribution < -0.4 is 0 Å². The maximum absolute atomic E-state index is 8.70. The third-order valence-corrected chi connectivity index (χ3v) is 3.02. The second-order valence-electron chi connectivity index (χ2n) is 2.27. The fourth-order valence-electron chi connectivity index (χ4n) is 0.854. The van der Waals surface area contributed by atoms with E-state index in [4.69, 9.17) is 9.63 Å². The standard InChI is InChI=1S/C7H5BrN2O2S/c8-5-2-1-4(13-5)7-9-6(3-11)12-10-7/h1-2,11H,3H2. The number of hydrogen-bond donors (Lipinski definition) is 1. The van der Waals surface area contributed by atoms with Crippen molar-refractivity contribution in [3.05, 3.63) is 21.8 Å². The first-order valence-corrected chi connectivity index (χ1v) is 5.09. The van der Waals surface area contributed by atoms with Gasteiger partial charge in [0.05, 0.1) is 8.66 Å². The van der Waals surface area contributed by atoms with Crippen molar-refractivity contribution in [2.45, 2.75) is 6.61 Å². The van der Waals surface area contributed by atoms with Crippen LogP contribution >= 0.6 is 27.3 Å². The van der Waals surface area contributed by atoms with Crippen molar-refractivity contribution in [1.82, 2.24) is 10.1 Å². The van der Waals surface area contributed by atoms with Gasteiger partial charge in [-0.2, -0.15) is 4.98 Å². The Kier molecular flexibility index (Phi) is 2.43. The zero-order valence-corrected chi connectivity index (χ0v) is 8.80. The molecule has 0 saturated heterocycles. The number of thiophene rings is 1. The molecule has 4 nitrogen and oxygen atoms in total. The molecule has 6 heteroatoms. The van der Waals surface area contributed by atoms with Gasteiger partial charge in [0.25, 0.3) is 5.89 Å². The summed E-state index contributed by atoms with van der Waals surface area (Å²) >= 11 is 4.85. The monoisotopic (exact) mass is 260 g/mol. The quantitative estimate of drug-likeness (QED) is 0.898. The largest absolute Gasteiger partial charge is 0.387 e. The van der Waals surface area contributed by atoms with Gasteiger partial charge in [-0.25, -0.2) is 0 Å². The van der Waals surface area contributed by atoms with Crippen molar-refractivity contribution in [3.63, 3.8) is 0 Å². The van der Waals surface area contributed by atoms with E-state index in [9.17, 15) is 0 Å². The van der Waals surface area contributed by atoms with Crippen LogP contribution in [0.2, 0.25) is 0 Å². The van der Waals surface area contributed by atoms with Crippen molar-refractivity contribution in [1.29, 1.82) is 0 Å². The number of halogens is 1. The van der Waals surface area contributed by atoms with E-state index in [1.54, 1.807) is 0 Å². The van der Waals surface area contributed by atoms with Crippen LogP contribution in [0.3, 0.4) is 0 Å². The molecule has 0 bridgehead atoms. The van der Waals surface area contributed by atoms with E-state index in [2.05, 4.69) is 26.1 Å². The molecular formula is C7H5BrN2O2S. The zero-order chi connectivity index (χ0) is 9.26. The molecule has 0 aliphatic carbocycles. The Labute approximate surface area is 86.3 Å². The predicted octanol–water partition coefficient (Wildman–Crippen LogP) is 2.05. The second kappa shape index (κ2) is 3.57. The van der Waals surface area contributed by atoms with Gasteiger partial charge in [0, 0.05) is 0 Å². The van der Waals surface area contributed by atoms with Gasteiger partial charge in [-0.1, -0.05) is 5.16 Å². The second-order valence-corrected chi connectivity index (χ2v) is 4.74. The summed E-state index contributed by atoms with van der Waals surface area (Å²) < 4.78 is 5.77. The SMILES string of the molecule is OCc1nc(-c2ccc(Br)s2)no1. The van der Waals surface area contributed by atoms with Gasteiger partial charge < -0.3 is 9.63 Å². The van der Waals surface area contributed by atoms with Crippen LogP contribution in [0.1, 0.15) is 5.89 Å². The predicted molar refractivity (Wildman–Crippen MR) is 51.2 cm³/mol. The topological polar surface area (TPSA) is 59.2 Å². The Bertz CT molecular complexity index is 412. The van der Waals surface area contributed by atoms with E-state index in [0.717, 1.165) is 8.66 Å². The Morgan fingerprint density at radius 1 is 1.54 bits per heavy atom. The molecule has 0 atom stereocenters. The lowest BCUT2D eigenvalue weighted by Crippen LogP contribution is -1.80. The fraction of sp³-hybridized carbons (Fsp3) is 0.143. The molecule has 68 valence electrons. The number of aromatic nitrogens is 2. The molecule has 0 aromatic carbocycles. The highest BCUT2D eigenvalue weighted by molar-refractivity contribution is 9.11. The summed E-state index contributed by atoms with van der Waals surface area (Å²) in [5.74, 6) is 0.749. The summed E-state index contributed by atoms with van der Waals surface area (Å²) in [6.07, 6.45) is 0. The van der Waals surface area contributed by atoms with E-state index in [-0.39, 0.29) is 12.5 Å². The lowest BCUT2D eigenvalue weighted by atomic mass is 10.4. The molecule has 0 aliphatic rings. The van der Waals surface area contributed by atoms with Gasteiger partial charge in [-0.05, 0) is 28.1 Å². The van der Waals surface area contributed by atoms with Crippen LogP contribution in [0.15, 0.2) is 20.4 Å². The van der Waals surface area contributed by atoms with E-state index in [0.29, 0.717) is 5.82 Å². The average molecular weight is 261 g/mol. The van der Waals surface area contributed by atoms with Gasteiger partial charge in [0.2, 0.25) is 5.82 Å². The number of nitrogens with zero attached hydrogens (tertiary/aromatic N) is 2. The number of hydrogen-bond acceptors (Lipinski definition) is 5. The Morgan fingerprint density at radius 2 is 2.38 bits per heavy atom. The van der Waals surface area contributed by atoms with Crippen LogP contribution in [0.5, 0.6) is 0 Å². The molecule has 0 aliphatic heterocycles. The summed E-state index contributed by atoms with van der Waals surface area (Å²) in [7, 11) is 0. The minimum atomic E-state index is -0.223. The van der Waals surface area contributed by atoms with Crippen molar-refractivity contribution >= 4 is 27.3 Å². The smallest absolute Gasteiger partial charge is 0.252 e. The van der Waals surface area contributed by atoms with Crippen LogP contribution in [-0.2, 0) is 6.61 Å². The zero-order valence-electron chi connectivity index (χ0n) is 6.40. The van der Waals surface area contributed by atoms with E-state index >= 15 is 0 Å². The van der Waals surface area contributed by atoms with E-state index < -0.39 is 0 Å². The van der Waals surface area contributed by atoms with Gasteiger partial charge in [-0.3, -0.25) is 0 Å². The number of aliphatic hydroxyl groups is 1. The minimum Gasteiger partial charge on any atom is -0.387 e. The molecule has 0 fully saturated rings. The molecule has 2 aromatic heterocycles. The van der Waals surface area contributed by atoms with Crippen LogP contribution in [0, 0.1) is 0 Å². The molecule has 0 spiro atoms. The summed E-state index contributed by atoms with van der Waals surface area (Å²) in [4.78, 5) is 4.89. The molecule has 2 heterocycles. The highest BCUT2D eigenvalue weighted by Gasteiger charge is 2.09. The summed E-state index contributed by atoms with van der Waals surface area (Å²) in [6.45, 7) is -0.223. The normalized spacial score (nSPS) is 10.6. The molecule has 2 rings (SSSR count). The van der Waals surface area contributed by atoms with Crippen LogP contribution in [0.4, 0.5) is 0 Å². The molecule has 0 radical (unpaired) electrons. The lowest BCUT2D eigenvalue weighted by molar-refractivity contribution is 0.222. The van der Waals surface area contributed by atoms with E-state index in [1.165, 1.54) is 11.3 Å². The minimum absolute atomic E-state index is 0.223. The van der Waals surface area contributed by atoms with Crippen molar-refractivity contribution < 1.29 is 9.63 Å². The number of rotatable bonds is 2. The maximum atomic E-state index is 8.70. The third kappa shape index (κ3) is 1.79. The van der Waals surface area contributed by atoms with Gasteiger partial charge in [0.15, 0.2) is 0 Å². The summed E-state index contributed by atoms with van der Waals surface area (Å²) in [5.41, 5.74) is 0. The molecule has 13 heavy (non-hydrogen) atoms. The Morgan fingerprint density at radius 3 is 2.92 bits per heavy atom. The summed E-state index contributed by atoms with van der Waals surface area (Å²) in [5, 5.41) is 12.4. The van der Waals surface area contributed by atoms with Gasteiger partial charge in [0.1, 0.15) is 6.61 Å². The van der Waals surface area contributed by atoms with Crippen molar-refractivity contribution in [2.24, 2.45) is 0 Å². The highest BCUT2D eigenvalue weighted by Crippen LogP contribution is 2.29. The lowest BCUT2D eigenvalue weighted by Gasteiger charge is -1.82. The summed E-state index contributed by atoms with van der Waals surface area (Å²) in [6, 6.07) is 3.80. The molecule has 0 saturated carbocycles. The molecule has 2 aromatic rings. The van der Waals surface area contributed by atoms with Crippen molar-refractivity contribution in [2.75, 3.05) is 0 Å². The first-order chi connectivity index (χ1) is 6.29. The molecule has 0 amide bonds. The molecular weight excluding hydrogens is 256 g/mol. The molecule has 0 unspecified atom stereocenters.